The molecule has 4 nitrogen and oxygen atoms in total. The third kappa shape index (κ3) is 3.10. The Balaban J connectivity index is 1.42. The van der Waals surface area contributed by atoms with E-state index in [9.17, 15) is 4.79 Å². The quantitative estimate of drug-likeness (QED) is 0.644. The summed E-state index contributed by atoms with van der Waals surface area (Å²) in [5.41, 5.74) is 3.87. The maximum absolute atomic E-state index is 12.8. The molecule has 2 aromatic carbocycles. The van der Waals surface area contributed by atoms with E-state index in [1.54, 1.807) is 6.07 Å². The lowest BCUT2D eigenvalue weighted by Gasteiger charge is -2.47. The molecule has 2 saturated heterocycles. The molecule has 2 bridgehead atoms. The molecule has 2 atom stereocenters. The van der Waals surface area contributed by atoms with Gasteiger partial charge in [0.25, 0.3) is 5.56 Å². The number of pyridine rings is 1. The smallest absolute Gasteiger partial charge is 0.250 e. The van der Waals surface area contributed by atoms with Gasteiger partial charge in [0.05, 0.1) is 0 Å². The van der Waals surface area contributed by atoms with E-state index >= 15 is 0 Å². The number of ether oxygens (including phenoxy) is 1. The number of hydrogen-bond donors (Lipinski definition) is 0. The second-order valence-electron chi connectivity index (χ2n) is 9.24. The van der Waals surface area contributed by atoms with Gasteiger partial charge in [-0.15, -0.1) is 0 Å². The number of hydrogen-bond acceptors (Lipinski definition) is 3. The van der Waals surface area contributed by atoms with Crippen LogP contribution in [0, 0.1) is 5.92 Å². The summed E-state index contributed by atoms with van der Waals surface area (Å²) in [7, 11) is 0. The van der Waals surface area contributed by atoms with Crippen molar-refractivity contribution in [3.63, 3.8) is 0 Å². The van der Waals surface area contributed by atoms with Gasteiger partial charge in [-0.05, 0) is 53.6 Å². The van der Waals surface area contributed by atoms with E-state index in [-0.39, 0.29) is 5.56 Å². The minimum absolute atomic E-state index is 0.156. The molecule has 0 amide bonds. The highest BCUT2D eigenvalue weighted by Gasteiger charge is 2.38. The Morgan fingerprint density at radius 3 is 2.57 bits per heavy atom. The van der Waals surface area contributed by atoms with Crippen molar-refractivity contribution in [3.8, 4) is 11.1 Å². The first-order valence-electron chi connectivity index (χ1n) is 11.3. The highest BCUT2D eigenvalue weighted by atomic mass is 16.5. The second kappa shape index (κ2) is 7.36. The van der Waals surface area contributed by atoms with E-state index in [0.29, 0.717) is 17.9 Å². The van der Waals surface area contributed by atoms with Crippen molar-refractivity contribution in [1.82, 2.24) is 9.47 Å². The predicted molar refractivity (Wildman–Crippen MR) is 120 cm³/mol. The molecule has 1 aromatic heterocycles. The van der Waals surface area contributed by atoms with Gasteiger partial charge in [-0.2, -0.15) is 0 Å². The topological polar surface area (TPSA) is 34.5 Å². The van der Waals surface area contributed by atoms with Crippen LogP contribution in [0.3, 0.4) is 0 Å². The summed E-state index contributed by atoms with van der Waals surface area (Å²) in [5.74, 6) is 0.999. The maximum Gasteiger partial charge on any atom is 0.250 e. The molecule has 0 N–H and O–H groups in total. The number of aromatic nitrogens is 1. The van der Waals surface area contributed by atoms with Crippen molar-refractivity contribution in [2.75, 3.05) is 26.3 Å². The van der Waals surface area contributed by atoms with E-state index in [2.05, 4.69) is 58.0 Å². The van der Waals surface area contributed by atoms with Gasteiger partial charge >= 0.3 is 0 Å². The highest BCUT2D eigenvalue weighted by Crippen LogP contribution is 2.41. The molecule has 0 saturated carbocycles. The lowest BCUT2D eigenvalue weighted by Crippen LogP contribution is -2.51. The molecule has 4 heteroatoms. The van der Waals surface area contributed by atoms with Crippen LogP contribution in [0.2, 0.25) is 0 Å². The monoisotopic (exact) mass is 400 g/mol. The normalized spacial score (nSPS) is 24.7. The van der Waals surface area contributed by atoms with Gasteiger partial charge in [-0.25, -0.2) is 0 Å². The summed E-state index contributed by atoms with van der Waals surface area (Å²) in [5, 5.41) is 2.51. The van der Waals surface area contributed by atoms with Crippen molar-refractivity contribution in [1.29, 1.82) is 0 Å². The van der Waals surface area contributed by atoms with Crippen LogP contribution in [0.1, 0.15) is 30.9 Å². The van der Waals surface area contributed by atoms with E-state index in [4.69, 9.17) is 4.74 Å². The van der Waals surface area contributed by atoms with Crippen molar-refractivity contribution in [2.24, 2.45) is 5.92 Å². The summed E-state index contributed by atoms with van der Waals surface area (Å²) in [6.07, 6.45) is 3.47. The minimum atomic E-state index is 0.156. The van der Waals surface area contributed by atoms with Crippen LogP contribution in [0.15, 0.2) is 59.4 Å². The molecule has 3 aliphatic heterocycles. The average molecular weight is 401 g/mol. The minimum Gasteiger partial charge on any atom is -0.381 e. The third-order valence-corrected chi connectivity index (χ3v) is 7.39. The molecule has 4 heterocycles. The molecule has 0 unspecified atom stereocenters. The third-order valence-electron chi connectivity index (χ3n) is 7.39. The Labute approximate surface area is 177 Å². The van der Waals surface area contributed by atoms with E-state index in [1.807, 2.05) is 0 Å². The number of benzene rings is 2. The highest BCUT2D eigenvalue weighted by molar-refractivity contribution is 5.87. The van der Waals surface area contributed by atoms with E-state index < -0.39 is 0 Å². The number of rotatable bonds is 2. The molecule has 154 valence electrons. The molecule has 0 radical (unpaired) electrons. The van der Waals surface area contributed by atoms with Gasteiger partial charge in [-0.3, -0.25) is 9.69 Å². The fourth-order valence-corrected chi connectivity index (χ4v) is 6.00. The average Bonchev–Trinajstić information content (AvgIpc) is 2.80. The van der Waals surface area contributed by atoms with E-state index in [0.717, 1.165) is 45.7 Å². The first kappa shape index (κ1) is 18.3. The Morgan fingerprint density at radius 1 is 0.867 bits per heavy atom. The SMILES string of the molecule is O=c1ccc(-c2ccc3ccccc3c2)c2n1C[C@H]1C[C@H]2CN(C2CCOCC2)C1. The van der Waals surface area contributed by atoms with Gasteiger partial charge < -0.3 is 9.30 Å². The van der Waals surface area contributed by atoms with Crippen LogP contribution < -0.4 is 5.56 Å². The first-order valence-corrected chi connectivity index (χ1v) is 11.3. The summed E-state index contributed by atoms with van der Waals surface area (Å²) in [6, 6.07) is 19.7. The van der Waals surface area contributed by atoms with Crippen molar-refractivity contribution < 1.29 is 4.74 Å². The molecule has 6 rings (SSSR count). The molecular formula is C26H28N2O2. The molecule has 3 aliphatic rings. The van der Waals surface area contributed by atoms with Gasteiger partial charge in [0.15, 0.2) is 0 Å². The number of likely N-dealkylation sites (tertiary alicyclic amines) is 1. The Morgan fingerprint density at radius 2 is 1.70 bits per heavy atom. The zero-order valence-electron chi connectivity index (χ0n) is 17.3. The Hall–Kier alpha value is -2.43. The Kier molecular flexibility index (Phi) is 4.50. The zero-order chi connectivity index (χ0) is 20.1. The van der Waals surface area contributed by atoms with Gasteiger partial charge in [0.2, 0.25) is 0 Å². The van der Waals surface area contributed by atoms with Crippen LogP contribution in [-0.2, 0) is 11.3 Å². The van der Waals surface area contributed by atoms with Crippen molar-refractivity contribution >= 4 is 10.8 Å². The molecular weight excluding hydrogens is 372 g/mol. The number of nitrogens with zero attached hydrogens (tertiary/aromatic N) is 2. The standard InChI is InChI=1S/C26H28N2O2/c29-25-8-7-24(21-6-5-19-3-1-2-4-20(19)14-21)26-22-13-18(16-28(25)26)15-27(17-22)23-9-11-30-12-10-23/h1-8,14,18,22-23H,9-13,15-17H2/t18-,22-/m0/s1. The fraction of sp³-hybridized carbons (Fsp3) is 0.423. The number of fused-ring (bicyclic) bond motifs is 5. The van der Waals surface area contributed by atoms with Crippen LogP contribution in [0.4, 0.5) is 0 Å². The molecule has 30 heavy (non-hydrogen) atoms. The van der Waals surface area contributed by atoms with Gasteiger partial charge in [-0.1, -0.05) is 36.4 Å². The van der Waals surface area contributed by atoms with Crippen molar-refractivity contribution in [3.05, 3.63) is 70.6 Å². The lowest BCUT2D eigenvalue weighted by atomic mass is 9.79. The molecule has 2 fully saturated rings. The summed E-state index contributed by atoms with van der Waals surface area (Å²) in [6.45, 7) is 4.80. The Bertz CT molecular complexity index is 1150. The van der Waals surface area contributed by atoms with Crippen LogP contribution >= 0.6 is 0 Å². The first-order chi connectivity index (χ1) is 14.8. The van der Waals surface area contributed by atoms with Gasteiger partial charge in [0, 0.05) is 62.1 Å². The van der Waals surface area contributed by atoms with Crippen molar-refractivity contribution in [2.45, 2.75) is 37.8 Å². The second-order valence-corrected chi connectivity index (χ2v) is 9.24. The zero-order valence-corrected chi connectivity index (χ0v) is 17.3. The van der Waals surface area contributed by atoms with Gasteiger partial charge in [0.1, 0.15) is 0 Å². The number of piperidine rings is 1. The summed E-state index contributed by atoms with van der Waals surface area (Å²) >= 11 is 0. The van der Waals surface area contributed by atoms with Crippen LogP contribution in [0.25, 0.3) is 21.9 Å². The fourth-order valence-electron chi connectivity index (χ4n) is 6.00. The molecule has 0 spiro atoms. The summed E-state index contributed by atoms with van der Waals surface area (Å²) in [4.78, 5) is 15.5. The predicted octanol–water partition coefficient (Wildman–Crippen LogP) is 4.27. The largest absolute Gasteiger partial charge is 0.381 e. The van der Waals surface area contributed by atoms with E-state index in [1.165, 1.54) is 34.0 Å². The molecule has 0 aliphatic carbocycles. The van der Waals surface area contributed by atoms with Crippen LogP contribution in [0.5, 0.6) is 0 Å². The maximum atomic E-state index is 12.8. The molecule has 3 aromatic rings. The lowest BCUT2D eigenvalue weighted by molar-refractivity contribution is 0.00597. The summed E-state index contributed by atoms with van der Waals surface area (Å²) < 4.78 is 7.68. The van der Waals surface area contributed by atoms with Crippen LogP contribution in [-0.4, -0.2) is 41.8 Å².